The van der Waals surface area contributed by atoms with Gasteiger partial charge in [-0.3, -0.25) is 4.79 Å². The van der Waals surface area contributed by atoms with Gasteiger partial charge in [-0.15, -0.1) is 0 Å². The molecule has 0 bridgehead atoms. The molecular weight excluding hydrogens is 364 g/mol. The van der Waals surface area contributed by atoms with Crippen molar-refractivity contribution in [2.75, 3.05) is 24.2 Å². The van der Waals surface area contributed by atoms with Gasteiger partial charge in [0.05, 0.1) is 17.4 Å². The minimum absolute atomic E-state index is 0.0507. The van der Waals surface area contributed by atoms with E-state index < -0.39 is 10.0 Å². The summed E-state index contributed by atoms with van der Waals surface area (Å²) in [6, 6.07) is 16.6. The van der Waals surface area contributed by atoms with Gasteiger partial charge in [0.25, 0.3) is 0 Å². The lowest BCUT2D eigenvalue weighted by molar-refractivity contribution is -0.120. The number of sulfonamides is 1. The number of benzene rings is 2. The Morgan fingerprint density at radius 2 is 1.85 bits per heavy atom. The lowest BCUT2D eigenvalue weighted by atomic mass is 9.98. The van der Waals surface area contributed by atoms with Gasteiger partial charge in [0.2, 0.25) is 15.9 Å². The van der Waals surface area contributed by atoms with Crippen LogP contribution in [0.15, 0.2) is 54.6 Å². The number of para-hydroxylation sites is 3. The third-order valence-electron chi connectivity index (χ3n) is 4.63. The lowest BCUT2D eigenvalue weighted by Crippen LogP contribution is -2.44. The number of rotatable bonds is 6. The Hall–Kier alpha value is -2.38. The van der Waals surface area contributed by atoms with E-state index >= 15 is 0 Å². The number of hydrogen-bond acceptors (Lipinski definition) is 4. The molecule has 0 aliphatic carbocycles. The zero-order chi connectivity index (χ0) is 19.3. The van der Waals surface area contributed by atoms with Crippen molar-refractivity contribution >= 4 is 21.6 Å². The van der Waals surface area contributed by atoms with Crippen LogP contribution in [0, 0.1) is 5.92 Å². The van der Waals surface area contributed by atoms with Crippen molar-refractivity contribution < 1.29 is 17.9 Å². The molecule has 144 valence electrons. The number of nitrogens with one attached hydrogen (secondary N) is 1. The van der Waals surface area contributed by atoms with Crippen molar-refractivity contribution in [2.24, 2.45) is 5.92 Å². The van der Waals surface area contributed by atoms with Crippen LogP contribution in [0.1, 0.15) is 19.8 Å². The Labute approximate surface area is 160 Å². The molecule has 7 heteroatoms. The van der Waals surface area contributed by atoms with E-state index in [2.05, 4.69) is 5.32 Å². The van der Waals surface area contributed by atoms with Gasteiger partial charge < -0.3 is 10.1 Å². The van der Waals surface area contributed by atoms with E-state index in [0.717, 1.165) is 0 Å². The normalized spacial score (nSPS) is 18.0. The van der Waals surface area contributed by atoms with E-state index in [0.29, 0.717) is 36.6 Å². The van der Waals surface area contributed by atoms with Crippen LogP contribution in [-0.2, 0) is 14.8 Å². The fourth-order valence-corrected chi connectivity index (χ4v) is 4.28. The fraction of sp³-hybridized carbons (Fsp3) is 0.350. The summed E-state index contributed by atoms with van der Waals surface area (Å²) in [6.45, 7) is 2.33. The predicted molar refractivity (Wildman–Crippen MR) is 105 cm³/mol. The summed E-state index contributed by atoms with van der Waals surface area (Å²) in [5, 5.41) is 2.91. The second-order valence-electron chi connectivity index (χ2n) is 6.50. The van der Waals surface area contributed by atoms with Gasteiger partial charge in [-0.05, 0) is 44.0 Å². The van der Waals surface area contributed by atoms with Crippen molar-refractivity contribution in [2.45, 2.75) is 19.8 Å². The number of hydrogen-bond donors (Lipinski definition) is 1. The van der Waals surface area contributed by atoms with E-state index in [4.69, 9.17) is 4.74 Å². The van der Waals surface area contributed by atoms with E-state index in [9.17, 15) is 13.2 Å². The summed E-state index contributed by atoms with van der Waals surface area (Å²) < 4.78 is 31.5. The second-order valence-corrected chi connectivity index (χ2v) is 8.76. The minimum atomic E-state index is -3.28. The molecule has 0 aromatic heterocycles. The molecule has 0 spiro atoms. The van der Waals surface area contributed by atoms with Crippen LogP contribution in [0.4, 0.5) is 5.69 Å². The monoisotopic (exact) mass is 388 g/mol. The molecule has 1 aliphatic rings. The smallest absolute Gasteiger partial charge is 0.228 e. The van der Waals surface area contributed by atoms with E-state index in [1.54, 1.807) is 19.1 Å². The number of anilines is 1. The molecule has 2 aromatic carbocycles. The maximum absolute atomic E-state index is 12.7. The van der Waals surface area contributed by atoms with Crippen LogP contribution in [0.2, 0.25) is 0 Å². The Kier molecular flexibility index (Phi) is 6.13. The van der Waals surface area contributed by atoms with Crippen LogP contribution in [0.25, 0.3) is 0 Å². The number of carbonyl (C=O) groups excluding carboxylic acids is 1. The molecule has 2 aromatic rings. The average Bonchev–Trinajstić information content (AvgIpc) is 2.70. The first kappa shape index (κ1) is 19.4. The van der Waals surface area contributed by atoms with Gasteiger partial charge in [0.1, 0.15) is 5.75 Å². The number of nitrogens with zero attached hydrogens (tertiary/aromatic N) is 1. The standard InChI is InChI=1S/C20H24N2O4S/c1-2-27(24,25)22-14-8-9-16(15-22)20(23)21-18-12-6-7-13-19(18)26-17-10-4-3-5-11-17/h3-7,10-13,16H,2,8-9,14-15H2,1H3,(H,21,23). The fourth-order valence-electron chi connectivity index (χ4n) is 3.10. The average molecular weight is 388 g/mol. The van der Waals surface area contributed by atoms with Crippen molar-refractivity contribution in [3.8, 4) is 11.5 Å². The van der Waals surface area contributed by atoms with Gasteiger partial charge in [0.15, 0.2) is 5.75 Å². The van der Waals surface area contributed by atoms with Crippen molar-refractivity contribution in [3.05, 3.63) is 54.6 Å². The first-order valence-electron chi connectivity index (χ1n) is 9.10. The molecule has 0 saturated carbocycles. The largest absolute Gasteiger partial charge is 0.455 e. The summed E-state index contributed by atoms with van der Waals surface area (Å²) in [4.78, 5) is 12.7. The molecule has 1 amide bonds. The third-order valence-corrected chi connectivity index (χ3v) is 6.48. The summed E-state index contributed by atoms with van der Waals surface area (Å²) in [5.74, 6) is 0.720. The number of piperidine rings is 1. The lowest BCUT2D eigenvalue weighted by Gasteiger charge is -2.31. The summed E-state index contributed by atoms with van der Waals surface area (Å²) in [7, 11) is -3.28. The van der Waals surface area contributed by atoms with Gasteiger partial charge in [-0.2, -0.15) is 0 Å². The van der Waals surface area contributed by atoms with Crippen LogP contribution in [-0.4, -0.2) is 37.5 Å². The third kappa shape index (κ3) is 4.87. The van der Waals surface area contributed by atoms with Gasteiger partial charge in [-0.25, -0.2) is 12.7 Å². The Morgan fingerprint density at radius 1 is 1.15 bits per heavy atom. The zero-order valence-corrected chi connectivity index (χ0v) is 16.1. The van der Waals surface area contributed by atoms with Crippen molar-refractivity contribution in [3.63, 3.8) is 0 Å². The Bertz CT molecular complexity index is 884. The molecule has 0 radical (unpaired) electrons. The van der Waals surface area contributed by atoms with Gasteiger partial charge in [0, 0.05) is 13.1 Å². The second kappa shape index (κ2) is 8.54. The van der Waals surface area contributed by atoms with E-state index in [-0.39, 0.29) is 24.1 Å². The highest BCUT2D eigenvalue weighted by Gasteiger charge is 2.31. The van der Waals surface area contributed by atoms with Crippen LogP contribution >= 0.6 is 0 Å². The predicted octanol–water partition coefficient (Wildman–Crippen LogP) is 3.48. The Balaban J connectivity index is 1.71. The topological polar surface area (TPSA) is 75.7 Å². The number of ether oxygens (including phenoxy) is 1. The maximum atomic E-state index is 12.7. The SMILES string of the molecule is CCS(=O)(=O)N1CCCC(C(=O)Nc2ccccc2Oc2ccccc2)C1. The maximum Gasteiger partial charge on any atom is 0.228 e. The molecule has 6 nitrogen and oxygen atoms in total. The molecule has 1 fully saturated rings. The van der Waals surface area contributed by atoms with Crippen molar-refractivity contribution in [1.29, 1.82) is 0 Å². The summed E-state index contributed by atoms with van der Waals surface area (Å²) in [6.07, 6.45) is 1.35. The molecule has 1 N–H and O–H groups in total. The summed E-state index contributed by atoms with van der Waals surface area (Å²) in [5.41, 5.74) is 0.571. The van der Waals surface area contributed by atoms with Crippen LogP contribution < -0.4 is 10.1 Å². The molecular formula is C20H24N2O4S. The molecule has 1 atom stereocenters. The number of amides is 1. The molecule has 1 unspecified atom stereocenters. The highest BCUT2D eigenvalue weighted by Crippen LogP contribution is 2.30. The molecule has 1 saturated heterocycles. The molecule has 1 heterocycles. The molecule has 1 aliphatic heterocycles. The Morgan fingerprint density at radius 3 is 2.59 bits per heavy atom. The van der Waals surface area contributed by atoms with Crippen molar-refractivity contribution in [1.82, 2.24) is 4.31 Å². The highest BCUT2D eigenvalue weighted by atomic mass is 32.2. The quantitative estimate of drug-likeness (QED) is 0.822. The minimum Gasteiger partial charge on any atom is -0.455 e. The summed E-state index contributed by atoms with van der Waals surface area (Å²) >= 11 is 0. The number of carbonyl (C=O) groups is 1. The molecule has 3 rings (SSSR count). The molecule has 27 heavy (non-hydrogen) atoms. The first-order chi connectivity index (χ1) is 13.0. The first-order valence-corrected chi connectivity index (χ1v) is 10.7. The van der Waals surface area contributed by atoms with Gasteiger partial charge in [-0.1, -0.05) is 30.3 Å². The zero-order valence-electron chi connectivity index (χ0n) is 15.3. The van der Waals surface area contributed by atoms with E-state index in [1.165, 1.54) is 4.31 Å². The van der Waals surface area contributed by atoms with Crippen LogP contribution in [0.3, 0.4) is 0 Å². The van der Waals surface area contributed by atoms with Crippen LogP contribution in [0.5, 0.6) is 11.5 Å². The van der Waals surface area contributed by atoms with Gasteiger partial charge >= 0.3 is 0 Å². The van der Waals surface area contributed by atoms with E-state index in [1.807, 2.05) is 42.5 Å². The highest BCUT2D eigenvalue weighted by molar-refractivity contribution is 7.89.